The number of hydrogen-bond acceptors (Lipinski definition) is 1. The maximum atomic E-state index is 2.45. The van der Waals surface area contributed by atoms with Gasteiger partial charge in [-0.25, -0.2) is 0 Å². The molecule has 0 radical (unpaired) electrons. The van der Waals surface area contributed by atoms with Crippen molar-refractivity contribution in [3.63, 3.8) is 0 Å². The SMILES string of the molecule is c1ccc(-c2ccc(N(c3ccc(-c4cccc5ccccc45)cc3)c3ccccc3-c3cccc4c3c3ccccc3n4-c3cccc4ccccc34)cc2)cc1. The second-order valence-electron chi connectivity index (χ2n) is 14.9. The van der Waals surface area contributed by atoms with Gasteiger partial charge in [0.25, 0.3) is 0 Å². The molecule has 0 bridgehead atoms. The molecular weight excluding hydrogens is 701 g/mol. The van der Waals surface area contributed by atoms with E-state index in [1.165, 1.54) is 82.4 Å². The standard InChI is InChI=1S/C56H38N2/c1-2-15-39(16-3-1)40-31-35-44(36-32-40)57(45-37-33-43(34-38-45)47-25-12-19-41-17-4-6-21-46(41)47)53-27-10-8-23-49(53)50-26-14-30-55-56(50)51-24-9-11-28-54(51)58(55)52-29-13-20-42-18-5-7-22-48(42)52/h1-38H. The van der Waals surface area contributed by atoms with Gasteiger partial charge < -0.3 is 9.47 Å². The number of anilines is 3. The molecular formula is C56H38N2. The lowest BCUT2D eigenvalue weighted by molar-refractivity contribution is 1.20. The lowest BCUT2D eigenvalue weighted by Crippen LogP contribution is -2.11. The molecule has 1 heterocycles. The van der Waals surface area contributed by atoms with Crippen molar-refractivity contribution in [2.45, 2.75) is 0 Å². The number of rotatable bonds is 7. The van der Waals surface area contributed by atoms with Crippen LogP contribution in [0.1, 0.15) is 0 Å². The van der Waals surface area contributed by atoms with E-state index in [9.17, 15) is 0 Å². The number of nitrogens with zero attached hydrogens (tertiary/aromatic N) is 2. The first-order valence-electron chi connectivity index (χ1n) is 19.9. The average Bonchev–Trinajstić information content (AvgIpc) is 3.64. The van der Waals surface area contributed by atoms with E-state index in [1.54, 1.807) is 0 Å². The minimum Gasteiger partial charge on any atom is -0.310 e. The lowest BCUT2D eigenvalue weighted by atomic mass is 9.96. The minimum atomic E-state index is 1.09. The zero-order valence-corrected chi connectivity index (χ0v) is 31.8. The highest BCUT2D eigenvalue weighted by Crippen LogP contribution is 2.46. The summed E-state index contributed by atoms with van der Waals surface area (Å²) in [6.45, 7) is 0. The first-order valence-corrected chi connectivity index (χ1v) is 19.9. The fraction of sp³-hybridized carbons (Fsp3) is 0. The van der Waals surface area contributed by atoms with Gasteiger partial charge >= 0.3 is 0 Å². The summed E-state index contributed by atoms with van der Waals surface area (Å²) in [6.07, 6.45) is 0. The van der Waals surface area contributed by atoms with E-state index in [2.05, 4.69) is 240 Å². The van der Waals surface area contributed by atoms with Gasteiger partial charge in [-0.3, -0.25) is 0 Å². The Bertz CT molecular complexity index is 3260. The van der Waals surface area contributed by atoms with Gasteiger partial charge in [0.1, 0.15) is 0 Å². The summed E-state index contributed by atoms with van der Waals surface area (Å²) < 4.78 is 2.45. The van der Waals surface area contributed by atoms with E-state index in [0.29, 0.717) is 0 Å². The van der Waals surface area contributed by atoms with E-state index in [1.807, 2.05) is 0 Å². The molecule has 11 rings (SSSR count). The Balaban J connectivity index is 1.11. The van der Waals surface area contributed by atoms with Gasteiger partial charge in [-0.2, -0.15) is 0 Å². The summed E-state index contributed by atoms with van der Waals surface area (Å²) in [5.41, 5.74) is 14.0. The van der Waals surface area contributed by atoms with Crippen LogP contribution in [0.25, 0.3) is 82.4 Å². The summed E-state index contributed by atoms with van der Waals surface area (Å²) in [5, 5.41) is 7.43. The van der Waals surface area contributed by atoms with Crippen molar-refractivity contribution in [1.29, 1.82) is 0 Å². The van der Waals surface area contributed by atoms with Crippen LogP contribution in [0.4, 0.5) is 17.1 Å². The monoisotopic (exact) mass is 738 g/mol. The Kier molecular flexibility index (Phi) is 8.19. The molecule has 0 fully saturated rings. The van der Waals surface area contributed by atoms with Crippen LogP contribution in [-0.4, -0.2) is 4.57 Å². The molecule has 0 saturated heterocycles. The van der Waals surface area contributed by atoms with Gasteiger partial charge in [0.15, 0.2) is 0 Å². The minimum absolute atomic E-state index is 1.09. The highest BCUT2D eigenvalue weighted by molar-refractivity contribution is 6.17. The first-order chi connectivity index (χ1) is 28.8. The molecule has 0 atom stereocenters. The van der Waals surface area contributed by atoms with Crippen LogP contribution in [0, 0.1) is 0 Å². The topological polar surface area (TPSA) is 8.17 Å². The molecule has 2 nitrogen and oxygen atoms in total. The van der Waals surface area contributed by atoms with Crippen molar-refractivity contribution in [3.8, 4) is 39.1 Å². The van der Waals surface area contributed by atoms with Crippen molar-refractivity contribution in [1.82, 2.24) is 4.57 Å². The third-order valence-electron chi connectivity index (χ3n) is 11.6. The predicted octanol–water partition coefficient (Wildman–Crippen LogP) is 15.6. The normalized spacial score (nSPS) is 11.4. The summed E-state index contributed by atoms with van der Waals surface area (Å²) >= 11 is 0. The quantitative estimate of drug-likeness (QED) is 0.158. The molecule has 272 valence electrons. The molecule has 2 heteroatoms. The summed E-state index contributed by atoms with van der Waals surface area (Å²) in [4.78, 5) is 2.42. The zero-order valence-electron chi connectivity index (χ0n) is 31.8. The Labute approximate surface area is 338 Å². The van der Waals surface area contributed by atoms with E-state index < -0.39 is 0 Å². The van der Waals surface area contributed by atoms with Gasteiger partial charge in [0.2, 0.25) is 0 Å². The summed E-state index contributed by atoms with van der Waals surface area (Å²) in [7, 11) is 0. The van der Waals surface area contributed by atoms with E-state index in [-0.39, 0.29) is 0 Å². The lowest BCUT2D eigenvalue weighted by Gasteiger charge is -2.28. The molecule has 0 N–H and O–H groups in total. The van der Waals surface area contributed by atoms with Gasteiger partial charge in [-0.15, -0.1) is 0 Å². The Morgan fingerprint density at radius 2 is 0.793 bits per heavy atom. The molecule has 10 aromatic carbocycles. The molecule has 0 aliphatic heterocycles. The van der Waals surface area contributed by atoms with Crippen LogP contribution >= 0.6 is 0 Å². The molecule has 0 amide bonds. The van der Waals surface area contributed by atoms with Crippen molar-refractivity contribution >= 4 is 60.4 Å². The number of benzene rings is 10. The second kappa shape index (κ2) is 14.1. The van der Waals surface area contributed by atoms with Crippen LogP contribution in [0.3, 0.4) is 0 Å². The van der Waals surface area contributed by atoms with Crippen LogP contribution in [-0.2, 0) is 0 Å². The second-order valence-corrected chi connectivity index (χ2v) is 14.9. The summed E-state index contributed by atoms with van der Waals surface area (Å²) in [6, 6.07) is 83.7. The Morgan fingerprint density at radius 1 is 0.293 bits per heavy atom. The van der Waals surface area contributed by atoms with Crippen molar-refractivity contribution < 1.29 is 0 Å². The molecule has 0 spiro atoms. The molecule has 0 unspecified atom stereocenters. The number of para-hydroxylation sites is 2. The maximum absolute atomic E-state index is 2.45. The number of hydrogen-bond donors (Lipinski definition) is 0. The molecule has 0 aliphatic carbocycles. The van der Waals surface area contributed by atoms with Crippen LogP contribution in [0.2, 0.25) is 0 Å². The molecule has 58 heavy (non-hydrogen) atoms. The van der Waals surface area contributed by atoms with Gasteiger partial charge in [-0.1, -0.05) is 182 Å². The molecule has 0 aliphatic rings. The van der Waals surface area contributed by atoms with Crippen molar-refractivity contribution in [3.05, 3.63) is 231 Å². The molecule has 1 aromatic heterocycles. The number of fused-ring (bicyclic) bond motifs is 5. The van der Waals surface area contributed by atoms with E-state index in [0.717, 1.165) is 17.1 Å². The fourth-order valence-corrected chi connectivity index (χ4v) is 8.93. The highest BCUT2D eigenvalue weighted by Gasteiger charge is 2.22. The molecule has 11 aromatic rings. The molecule has 0 saturated carbocycles. The Hall–Kier alpha value is -7.68. The third-order valence-corrected chi connectivity index (χ3v) is 11.6. The zero-order chi connectivity index (χ0) is 38.4. The van der Waals surface area contributed by atoms with Crippen LogP contribution in [0.5, 0.6) is 0 Å². The van der Waals surface area contributed by atoms with Gasteiger partial charge in [-0.05, 0) is 92.5 Å². The van der Waals surface area contributed by atoms with Crippen LogP contribution < -0.4 is 4.90 Å². The van der Waals surface area contributed by atoms with Gasteiger partial charge in [0.05, 0.1) is 22.4 Å². The Morgan fingerprint density at radius 3 is 1.57 bits per heavy atom. The predicted molar refractivity (Wildman–Crippen MR) is 247 cm³/mol. The largest absolute Gasteiger partial charge is 0.310 e. The van der Waals surface area contributed by atoms with Crippen LogP contribution in [0.15, 0.2) is 231 Å². The number of aromatic nitrogens is 1. The van der Waals surface area contributed by atoms with E-state index in [4.69, 9.17) is 0 Å². The van der Waals surface area contributed by atoms with Gasteiger partial charge in [0, 0.05) is 33.1 Å². The van der Waals surface area contributed by atoms with Crippen molar-refractivity contribution in [2.24, 2.45) is 0 Å². The first kappa shape index (κ1) is 33.6. The third kappa shape index (κ3) is 5.66. The average molecular weight is 739 g/mol. The smallest absolute Gasteiger partial charge is 0.0547 e. The highest BCUT2D eigenvalue weighted by atomic mass is 15.1. The fourth-order valence-electron chi connectivity index (χ4n) is 8.93. The van der Waals surface area contributed by atoms with E-state index >= 15 is 0 Å². The van der Waals surface area contributed by atoms with Crippen molar-refractivity contribution in [2.75, 3.05) is 4.90 Å². The summed E-state index contributed by atoms with van der Waals surface area (Å²) in [5.74, 6) is 0. The maximum Gasteiger partial charge on any atom is 0.0547 e.